The van der Waals surface area contributed by atoms with Crippen LogP contribution in [0.15, 0.2) is 24.3 Å². The summed E-state index contributed by atoms with van der Waals surface area (Å²) in [6, 6.07) is 5.72. The topological polar surface area (TPSA) is 73.1 Å². The summed E-state index contributed by atoms with van der Waals surface area (Å²) in [5, 5.41) is 11.1. The second-order valence-corrected chi connectivity index (χ2v) is 5.10. The first-order valence-corrected chi connectivity index (χ1v) is 7.19. The van der Waals surface area contributed by atoms with Gasteiger partial charge in [-0.25, -0.2) is 4.39 Å². The zero-order chi connectivity index (χ0) is 15.4. The van der Waals surface area contributed by atoms with Gasteiger partial charge in [-0.3, -0.25) is 4.79 Å². The highest BCUT2D eigenvalue weighted by molar-refractivity contribution is 5.77. The van der Waals surface area contributed by atoms with Crippen LogP contribution in [0.3, 0.4) is 0 Å². The first-order valence-electron chi connectivity index (χ1n) is 7.19. The molecule has 2 aromatic rings. The Morgan fingerprint density at radius 1 is 1.18 bits per heavy atom. The number of likely N-dealkylation sites (tertiary alicyclic amines) is 1. The lowest BCUT2D eigenvalue weighted by molar-refractivity contribution is -0.137. The largest absolute Gasteiger partial charge is 0.384 e. The summed E-state index contributed by atoms with van der Waals surface area (Å²) >= 11 is 0. The zero-order valence-corrected chi connectivity index (χ0v) is 12.0. The Balaban J connectivity index is 1.65. The second kappa shape index (κ2) is 6.50. The van der Waals surface area contributed by atoms with Gasteiger partial charge in [0, 0.05) is 18.7 Å². The van der Waals surface area contributed by atoms with Crippen LogP contribution in [0.1, 0.15) is 19.3 Å². The van der Waals surface area contributed by atoms with Crippen LogP contribution < -0.4 is 4.84 Å². The maximum atomic E-state index is 12.9. The number of aromatic nitrogens is 4. The molecular weight excluding hydrogens is 289 g/mol. The molecule has 116 valence electrons. The number of halogens is 1. The second-order valence-electron chi connectivity index (χ2n) is 5.10. The number of nitrogens with zero attached hydrogens (tertiary/aromatic N) is 5. The minimum absolute atomic E-state index is 0.0831. The maximum absolute atomic E-state index is 12.9. The molecule has 0 bridgehead atoms. The predicted octanol–water partition coefficient (Wildman–Crippen LogP) is 0.920. The number of piperidine rings is 1. The fourth-order valence-corrected chi connectivity index (χ4v) is 2.38. The summed E-state index contributed by atoms with van der Waals surface area (Å²) < 4.78 is 12.9. The van der Waals surface area contributed by atoms with Gasteiger partial charge in [0.2, 0.25) is 5.82 Å². The van der Waals surface area contributed by atoms with Gasteiger partial charge in [-0.15, -0.1) is 5.10 Å². The number of hydrogen-bond donors (Lipinski definition) is 0. The third kappa shape index (κ3) is 3.21. The zero-order valence-electron chi connectivity index (χ0n) is 12.0. The van der Waals surface area contributed by atoms with Gasteiger partial charge in [-0.1, -0.05) is 4.85 Å². The molecule has 2 heterocycles. The average molecular weight is 305 g/mol. The Hall–Kier alpha value is -2.51. The third-order valence-corrected chi connectivity index (χ3v) is 3.56. The van der Waals surface area contributed by atoms with E-state index in [0.29, 0.717) is 11.4 Å². The molecule has 1 aromatic carbocycles. The molecule has 1 amide bonds. The number of hydrogen-bond acceptors (Lipinski definition) is 5. The molecule has 0 aliphatic carbocycles. The quantitative estimate of drug-likeness (QED) is 0.840. The molecule has 8 heteroatoms. The van der Waals surface area contributed by atoms with Crippen LogP contribution in [-0.2, 0) is 4.79 Å². The summed E-state index contributed by atoms with van der Waals surface area (Å²) in [6.07, 6.45) is 3.21. The molecule has 0 atom stereocenters. The Labute approximate surface area is 126 Å². The van der Waals surface area contributed by atoms with Crippen LogP contribution in [0.2, 0.25) is 0 Å². The van der Waals surface area contributed by atoms with Crippen molar-refractivity contribution in [3.8, 4) is 11.4 Å². The summed E-state index contributed by atoms with van der Waals surface area (Å²) in [7, 11) is 0. The predicted molar refractivity (Wildman–Crippen MR) is 75.1 cm³/mol. The van der Waals surface area contributed by atoms with Crippen molar-refractivity contribution < 1.29 is 14.0 Å². The van der Waals surface area contributed by atoms with Crippen molar-refractivity contribution in [2.75, 3.05) is 19.7 Å². The summed E-state index contributed by atoms with van der Waals surface area (Å²) in [4.78, 5) is 20.3. The number of rotatable bonds is 4. The smallest absolute Gasteiger partial charge is 0.263 e. The molecular formula is C14H16FN5O2. The van der Waals surface area contributed by atoms with Gasteiger partial charge < -0.3 is 9.74 Å². The monoisotopic (exact) mass is 305 g/mol. The van der Waals surface area contributed by atoms with Gasteiger partial charge in [0.25, 0.3) is 5.91 Å². The maximum Gasteiger partial charge on any atom is 0.263 e. The van der Waals surface area contributed by atoms with E-state index in [1.54, 1.807) is 17.0 Å². The molecule has 1 saturated heterocycles. The van der Waals surface area contributed by atoms with E-state index in [1.165, 1.54) is 12.1 Å². The molecule has 0 N–H and O–H groups in total. The average Bonchev–Trinajstić information content (AvgIpc) is 3.02. The molecule has 7 nitrogen and oxygen atoms in total. The molecule has 1 aliphatic heterocycles. The van der Waals surface area contributed by atoms with Crippen molar-refractivity contribution in [3.05, 3.63) is 30.1 Å². The van der Waals surface area contributed by atoms with E-state index in [9.17, 15) is 9.18 Å². The highest BCUT2D eigenvalue weighted by Crippen LogP contribution is 2.15. The van der Waals surface area contributed by atoms with E-state index in [4.69, 9.17) is 4.84 Å². The van der Waals surface area contributed by atoms with Crippen LogP contribution in [0, 0.1) is 5.82 Å². The van der Waals surface area contributed by atoms with E-state index < -0.39 is 0 Å². The lowest BCUT2D eigenvalue weighted by atomic mass is 10.1. The van der Waals surface area contributed by atoms with Crippen LogP contribution in [0.5, 0.6) is 0 Å². The van der Waals surface area contributed by atoms with Crippen LogP contribution >= 0.6 is 0 Å². The molecule has 0 saturated carbocycles. The third-order valence-electron chi connectivity index (χ3n) is 3.56. The van der Waals surface area contributed by atoms with Gasteiger partial charge in [0.1, 0.15) is 5.82 Å². The van der Waals surface area contributed by atoms with Crippen LogP contribution in [-0.4, -0.2) is 50.9 Å². The lowest BCUT2D eigenvalue weighted by Gasteiger charge is -2.26. The first kappa shape index (κ1) is 14.4. The molecule has 1 aromatic heterocycles. The van der Waals surface area contributed by atoms with E-state index in [1.807, 2.05) is 0 Å². The van der Waals surface area contributed by atoms with Gasteiger partial charge in [-0.05, 0) is 54.0 Å². The van der Waals surface area contributed by atoms with Crippen molar-refractivity contribution in [1.29, 1.82) is 0 Å². The Kier molecular flexibility index (Phi) is 4.27. The van der Waals surface area contributed by atoms with Crippen LogP contribution in [0.4, 0.5) is 4.39 Å². The van der Waals surface area contributed by atoms with E-state index in [2.05, 4.69) is 15.5 Å². The number of benzene rings is 1. The standard InChI is InChI=1S/C14H16FN5O2/c15-12-6-4-11(5-7-12)14-16-17-18-20(14)22-10-13(21)19-8-2-1-3-9-19/h4-7H,1-3,8-10H2. The molecule has 1 fully saturated rings. The lowest BCUT2D eigenvalue weighted by Crippen LogP contribution is -2.40. The Bertz CT molecular complexity index is 637. The summed E-state index contributed by atoms with van der Waals surface area (Å²) in [6.45, 7) is 1.41. The van der Waals surface area contributed by atoms with E-state index >= 15 is 0 Å². The van der Waals surface area contributed by atoms with Crippen LogP contribution in [0.25, 0.3) is 11.4 Å². The molecule has 3 rings (SSSR count). The Morgan fingerprint density at radius 2 is 1.91 bits per heavy atom. The van der Waals surface area contributed by atoms with Crippen molar-refractivity contribution in [1.82, 2.24) is 25.3 Å². The summed E-state index contributed by atoms with van der Waals surface area (Å²) in [5.74, 6) is -0.101. The number of amides is 1. The highest BCUT2D eigenvalue weighted by Gasteiger charge is 2.18. The Morgan fingerprint density at radius 3 is 2.64 bits per heavy atom. The molecule has 0 radical (unpaired) electrons. The number of carbonyl (C=O) groups is 1. The molecule has 22 heavy (non-hydrogen) atoms. The van der Waals surface area contributed by atoms with Gasteiger partial charge in [0.05, 0.1) is 0 Å². The number of tetrazole rings is 1. The van der Waals surface area contributed by atoms with E-state index in [-0.39, 0.29) is 18.3 Å². The highest BCUT2D eigenvalue weighted by atomic mass is 19.1. The minimum Gasteiger partial charge on any atom is -0.384 e. The first-order chi connectivity index (χ1) is 10.7. The van der Waals surface area contributed by atoms with Gasteiger partial charge in [-0.2, -0.15) is 0 Å². The van der Waals surface area contributed by atoms with Gasteiger partial charge >= 0.3 is 0 Å². The molecule has 0 spiro atoms. The van der Waals surface area contributed by atoms with Gasteiger partial charge in [0.15, 0.2) is 6.61 Å². The number of carbonyl (C=O) groups excluding carboxylic acids is 1. The molecule has 0 unspecified atom stereocenters. The summed E-state index contributed by atoms with van der Waals surface area (Å²) in [5.41, 5.74) is 0.608. The normalized spacial score (nSPS) is 14.9. The minimum atomic E-state index is -0.344. The molecule has 1 aliphatic rings. The fourth-order valence-electron chi connectivity index (χ4n) is 2.38. The SMILES string of the molecule is O=C(COn1nnnc1-c1ccc(F)cc1)N1CCCCC1. The van der Waals surface area contributed by atoms with Crippen molar-refractivity contribution >= 4 is 5.91 Å². The van der Waals surface area contributed by atoms with E-state index in [0.717, 1.165) is 37.2 Å². The van der Waals surface area contributed by atoms with Crippen molar-refractivity contribution in [2.45, 2.75) is 19.3 Å². The van der Waals surface area contributed by atoms with Crippen molar-refractivity contribution in [3.63, 3.8) is 0 Å². The van der Waals surface area contributed by atoms with Crippen molar-refractivity contribution in [2.24, 2.45) is 0 Å². The fraction of sp³-hybridized carbons (Fsp3) is 0.429.